The highest BCUT2D eigenvalue weighted by molar-refractivity contribution is 5.77. The van der Waals surface area contributed by atoms with E-state index in [9.17, 15) is 14.7 Å². The van der Waals surface area contributed by atoms with Crippen molar-refractivity contribution in [2.45, 2.75) is 69.9 Å². The summed E-state index contributed by atoms with van der Waals surface area (Å²) in [5.74, 6) is 0.968. The molecule has 1 aromatic carbocycles. The minimum absolute atomic E-state index is 0.166. The van der Waals surface area contributed by atoms with E-state index >= 15 is 0 Å². The number of unbranched alkanes of at least 4 members (excludes halogenated alkanes) is 2. The van der Waals surface area contributed by atoms with Gasteiger partial charge in [-0.1, -0.05) is 18.2 Å². The molecule has 162 valence electrons. The first-order valence-corrected chi connectivity index (χ1v) is 10.5. The lowest BCUT2D eigenvalue weighted by Gasteiger charge is -2.36. The molecule has 1 heterocycles. The van der Waals surface area contributed by atoms with E-state index in [0.29, 0.717) is 32.2 Å². The predicted octanol–water partition coefficient (Wildman–Crippen LogP) is 3.62. The zero-order valence-electron chi connectivity index (χ0n) is 17.2. The molecule has 29 heavy (non-hydrogen) atoms. The summed E-state index contributed by atoms with van der Waals surface area (Å²) in [6, 6.07) is 7.87. The van der Waals surface area contributed by atoms with Gasteiger partial charge in [0, 0.05) is 25.4 Å². The second kappa shape index (κ2) is 12.3. The summed E-state index contributed by atoms with van der Waals surface area (Å²) in [5.41, 5.74) is 0.989. The van der Waals surface area contributed by atoms with Crippen LogP contribution in [0.15, 0.2) is 24.3 Å². The van der Waals surface area contributed by atoms with Crippen LogP contribution in [0.25, 0.3) is 0 Å². The number of rotatable bonds is 12. The van der Waals surface area contributed by atoms with E-state index in [-0.39, 0.29) is 18.6 Å². The number of para-hydroxylation sites is 1. The van der Waals surface area contributed by atoms with Crippen molar-refractivity contribution in [3.8, 4) is 5.75 Å². The van der Waals surface area contributed by atoms with Gasteiger partial charge in [-0.25, -0.2) is 4.79 Å². The molecular weight excluding hydrogens is 374 g/mol. The van der Waals surface area contributed by atoms with Gasteiger partial charge < -0.3 is 24.6 Å². The average Bonchev–Trinajstić information content (AvgIpc) is 2.70. The third-order valence-corrected chi connectivity index (χ3v) is 5.44. The van der Waals surface area contributed by atoms with Crippen LogP contribution in [-0.4, -0.2) is 59.6 Å². The van der Waals surface area contributed by atoms with E-state index in [1.807, 2.05) is 29.2 Å². The highest BCUT2D eigenvalue weighted by atomic mass is 16.7. The summed E-state index contributed by atoms with van der Waals surface area (Å²) in [6.45, 7) is 0.876. The Balaban J connectivity index is 1.77. The van der Waals surface area contributed by atoms with Crippen LogP contribution in [0.1, 0.15) is 56.9 Å². The van der Waals surface area contributed by atoms with Gasteiger partial charge in [-0.2, -0.15) is 0 Å². The number of piperidine rings is 1. The fourth-order valence-electron chi connectivity index (χ4n) is 3.93. The van der Waals surface area contributed by atoms with Crippen molar-refractivity contribution in [2.24, 2.45) is 0 Å². The average molecular weight is 408 g/mol. The smallest absolute Gasteiger partial charge is 0.496 e. The van der Waals surface area contributed by atoms with Gasteiger partial charge in [-0.15, -0.1) is 0 Å². The third kappa shape index (κ3) is 7.93. The lowest BCUT2D eigenvalue weighted by molar-refractivity contribution is -0.136. The first-order chi connectivity index (χ1) is 14.0. The minimum Gasteiger partial charge on any atom is -0.496 e. The fourth-order valence-corrected chi connectivity index (χ4v) is 3.93. The number of hydrogen-bond acceptors (Lipinski definition) is 5. The molecule has 0 saturated carbocycles. The van der Waals surface area contributed by atoms with E-state index < -0.39 is 12.3 Å². The van der Waals surface area contributed by atoms with Crippen molar-refractivity contribution in [3.63, 3.8) is 0 Å². The molecule has 2 N–H and O–H groups in total. The number of likely N-dealkylation sites (tertiary alicyclic amines) is 1. The molecule has 7 nitrogen and oxygen atoms in total. The van der Waals surface area contributed by atoms with Crippen LogP contribution in [0, 0.1) is 0 Å². The van der Waals surface area contributed by atoms with Gasteiger partial charge in [-0.05, 0) is 56.6 Å². The fraction of sp³-hybridized carbons (Fsp3) is 0.636. The number of hydrogen-bond donors (Lipinski definition) is 2. The first-order valence-electron chi connectivity index (χ1n) is 10.5. The van der Waals surface area contributed by atoms with Crippen molar-refractivity contribution < 1.29 is 29.3 Å². The Hall–Kier alpha value is -2.28. The van der Waals surface area contributed by atoms with Crippen LogP contribution < -0.4 is 4.74 Å². The Morgan fingerprint density at radius 1 is 1.28 bits per heavy atom. The van der Waals surface area contributed by atoms with E-state index in [0.717, 1.165) is 43.4 Å². The topological polar surface area (TPSA) is 96.3 Å². The number of aliphatic hydroxyl groups is 1. The summed E-state index contributed by atoms with van der Waals surface area (Å²) in [6.07, 6.45) is 5.00. The molecule has 1 saturated heterocycles. The van der Waals surface area contributed by atoms with E-state index in [2.05, 4.69) is 4.74 Å². The maximum atomic E-state index is 12.4. The summed E-state index contributed by atoms with van der Waals surface area (Å²) in [4.78, 5) is 24.7. The summed E-state index contributed by atoms with van der Waals surface area (Å²) in [7, 11) is 1.63. The molecule has 1 fully saturated rings. The number of methoxy groups -OCH3 is 1. The highest BCUT2D eigenvalue weighted by Gasteiger charge is 2.27. The lowest BCUT2D eigenvalue weighted by Crippen LogP contribution is -2.44. The number of benzene rings is 1. The number of aliphatic hydroxyl groups excluding tert-OH is 1. The maximum Gasteiger partial charge on any atom is 0.505 e. The van der Waals surface area contributed by atoms with E-state index in [1.165, 1.54) is 0 Å². The third-order valence-electron chi connectivity index (χ3n) is 5.44. The molecule has 1 unspecified atom stereocenters. The first kappa shape index (κ1) is 23.0. The van der Waals surface area contributed by atoms with Crippen molar-refractivity contribution in [1.82, 2.24) is 4.90 Å². The van der Waals surface area contributed by atoms with Gasteiger partial charge >= 0.3 is 6.16 Å². The Morgan fingerprint density at radius 2 is 2.07 bits per heavy atom. The second-order valence-corrected chi connectivity index (χ2v) is 7.56. The van der Waals surface area contributed by atoms with Gasteiger partial charge in [0.2, 0.25) is 5.91 Å². The van der Waals surface area contributed by atoms with Crippen molar-refractivity contribution in [3.05, 3.63) is 29.8 Å². The number of carbonyl (C=O) groups is 2. The monoisotopic (exact) mass is 407 g/mol. The molecule has 1 aliphatic heterocycles. The Labute approximate surface area is 172 Å². The molecule has 2 rings (SSSR count). The Morgan fingerprint density at radius 3 is 2.83 bits per heavy atom. The van der Waals surface area contributed by atoms with Gasteiger partial charge in [0.1, 0.15) is 5.75 Å². The summed E-state index contributed by atoms with van der Waals surface area (Å²) >= 11 is 0. The van der Waals surface area contributed by atoms with Crippen molar-refractivity contribution in [2.75, 3.05) is 20.3 Å². The molecule has 0 bridgehead atoms. The Bertz CT molecular complexity index is 650. The number of nitrogens with zero attached hydrogens (tertiary/aromatic N) is 1. The molecule has 1 amide bonds. The lowest BCUT2D eigenvalue weighted by atomic mass is 9.94. The number of ether oxygens (including phenoxy) is 2. The second-order valence-electron chi connectivity index (χ2n) is 7.56. The molecular formula is C22H33NO6. The molecule has 0 spiro atoms. The number of carboxylic acid groups (broad SMARTS) is 1. The maximum absolute atomic E-state index is 12.4. The van der Waals surface area contributed by atoms with Crippen LogP contribution in [0.2, 0.25) is 0 Å². The molecule has 0 radical (unpaired) electrons. The SMILES string of the molecule is COc1ccccc1CC(O)CC[C@H]1CCCC(=O)N1CCCCCOC(=O)O. The molecule has 2 atom stereocenters. The summed E-state index contributed by atoms with van der Waals surface area (Å²) in [5, 5.41) is 19.0. The Kier molecular flexibility index (Phi) is 9.77. The van der Waals surface area contributed by atoms with Crippen LogP contribution >= 0.6 is 0 Å². The highest BCUT2D eigenvalue weighted by Crippen LogP contribution is 2.25. The van der Waals surface area contributed by atoms with Crippen LogP contribution in [0.4, 0.5) is 4.79 Å². The quantitative estimate of drug-likeness (QED) is 0.406. The largest absolute Gasteiger partial charge is 0.505 e. The van der Waals surface area contributed by atoms with Gasteiger partial charge in [0.25, 0.3) is 0 Å². The van der Waals surface area contributed by atoms with Gasteiger partial charge in [0.05, 0.1) is 19.8 Å². The molecule has 1 aliphatic rings. The zero-order valence-corrected chi connectivity index (χ0v) is 17.2. The van der Waals surface area contributed by atoms with Gasteiger partial charge in [-0.3, -0.25) is 4.79 Å². The standard InChI is InChI=1S/C22H33NO6/c1-28-20-10-4-3-8-17(20)16-19(24)13-12-18-9-7-11-21(25)23(18)14-5-2-6-15-29-22(26)27/h3-4,8,10,18-19,24H,2,5-7,9,11-16H2,1H3,(H,26,27)/t18-,19?/m1/s1. The normalized spacial score (nSPS) is 17.8. The molecule has 1 aromatic rings. The van der Waals surface area contributed by atoms with Crippen molar-refractivity contribution >= 4 is 12.1 Å². The van der Waals surface area contributed by atoms with Crippen LogP contribution in [-0.2, 0) is 16.0 Å². The van der Waals surface area contributed by atoms with Gasteiger partial charge in [0.15, 0.2) is 0 Å². The zero-order chi connectivity index (χ0) is 21.1. The minimum atomic E-state index is -1.25. The molecule has 0 aromatic heterocycles. The van der Waals surface area contributed by atoms with Crippen LogP contribution in [0.3, 0.4) is 0 Å². The summed E-state index contributed by atoms with van der Waals surface area (Å²) < 4.78 is 9.86. The van der Waals surface area contributed by atoms with Crippen molar-refractivity contribution in [1.29, 1.82) is 0 Å². The number of carbonyl (C=O) groups excluding carboxylic acids is 1. The van der Waals surface area contributed by atoms with Crippen LogP contribution in [0.5, 0.6) is 5.75 Å². The molecule has 7 heteroatoms. The predicted molar refractivity (Wildman–Crippen MR) is 109 cm³/mol. The van der Waals surface area contributed by atoms with E-state index in [1.54, 1.807) is 7.11 Å². The van der Waals surface area contributed by atoms with E-state index in [4.69, 9.17) is 9.84 Å². The number of amides is 1. The molecule has 0 aliphatic carbocycles.